The van der Waals surface area contributed by atoms with Gasteiger partial charge in [0.25, 0.3) is 0 Å². The van der Waals surface area contributed by atoms with Crippen molar-refractivity contribution in [1.82, 2.24) is 10.2 Å². The van der Waals surface area contributed by atoms with Crippen LogP contribution in [-0.4, -0.2) is 16.7 Å². The van der Waals surface area contributed by atoms with Crippen LogP contribution in [0.25, 0.3) is 0 Å². The molecule has 1 heterocycles. The molecule has 0 radical (unpaired) electrons. The summed E-state index contributed by atoms with van der Waals surface area (Å²) in [6, 6.07) is 0. The SMILES string of the molecule is CC1(c2nnc(CCCN)o2)CCCCC1. The first kappa shape index (κ1) is 11.6. The Balaban J connectivity index is 2.05. The molecule has 0 atom stereocenters. The van der Waals surface area contributed by atoms with Crippen LogP contribution in [0, 0.1) is 0 Å². The molecule has 1 aromatic heterocycles. The lowest BCUT2D eigenvalue weighted by molar-refractivity contribution is 0.251. The normalized spacial score (nSPS) is 19.9. The van der Waals surface area contributed by atoms with Gasteiger partial charge in [0.05, 0.1) is 0 Å². The zero-order valence-corrected chi connectivity index (χ0v) is 10.0. The lowest BCUT2D eigenvalue weighted by Crippen LogP contribution is -2.25. The Morgan fingerprint density at radius 2 is 2.00 bits per heavy atom. The molecular weight excluding hydrogens is 202 g/mol. The van der Waals surface area contributed by atoms with E-state index in [2.05, 4.69) is 17.1 Å². The summed E-state index contributed by atoms with van der Waals surface area (Å²) in [5.74, 6) is 1.58. The third-order valence-electron chi connectivity index (χ3n) is 3.54. The summed E-state index contributed by atoms with van der Waals surface area (Å²) in [4.78, 5) is 0. The summed E-state index contributed by atoms with van der Waals surface area (Å²) in [5, 5.41) is 8.31. The second-order valence-corrected chi connectivity index (χ2v) is 5.01. The van der Waals surface area contributed by atoms with E-state index < -0.39 is 0 Å². The van der Waals surface area contributed by atoms with E-state index in [0.29, 0.717) is 6.54 Å². The van der Waals surface area contributed by atoms with E-state index in [-0.39, 0.29) is 5.41 Å². The molecule has 1 aliphatic carbocycles. The molecule has 1 saturated carbocycles. The largest absolute Gasteiger partial charge is 0.425 e. The molecule has 0 aliphatic heterocycles. The van der Waals surface area contributed by atoms with E-state index in [9.17, 15) is 0 Å². The highest BCUT2D eigenvalue weighted by molar-refractivity contribution is 5.03. The molecule has 4 heteroatoms. The third-order valence-corrected chi connectivity index (χ3v) is 3.54. The number of nitrogens with zero attached hydrogens (tertiary/aromatic N) is 2. The van der Waals surface area contributed by atoms with Crippen LogP contribution in [0.4, 0.5) is 0 Å². The molecule has 0 bridgehead atoms. The first-order valence-corrected chi connectivity index (χ1v) is 6.27. The minimum Gasteiger partial charge on any atom is -0.425 e. The van der Waals surface area contributed by atoms with Gasteiger partial charge in [-0.3, -0.25) is 0 Å². The van der Waals surface area contributed by atoms with Crippen LogP contribution < -0.4 is 5.73 Å². The van der Waals surface area contributed by atoms with Crippen LogP contribution in [0.3, 0.4) is 0 Å². The highest BCUT2D eigenvalue weighted by Gasteiger charge is 2.33. The molecule has 2 rings (SSSR count). The Labute approximate surface area is 96.6 Å². The second-order valence-electron chi connectivity index (χ2n) is 5.01. The first-order valence-electron chi connectivity index (χ1n) is 6.27. The second kappa shape index (κ2) is 4.95. The minimum absolute atomic E-state index is 0.117. The van der Waals surface area contributed by atoms with Crippen LogP contribution >= 0.6 is 0 Å². The molecule has 90 valence electrons. The Morgan fingerprint density at radius 3 is 2.69 bits per heavy atom. The van der Waals surface area contributed by atoms with Gasteiger partial charge in [-0.15, -0.1) is 10.2 Å². The van der Waals surface area contributed by atoms with E-state index >= 15 is 0 Å². The van der Waals surface area contributed by atoms with Crippen LogP contribution in [0.2, 0.25) is 0 Å². The van der Waals surface area contributed by atoms with Crippen molar-refractivity contribution in [2.75, 3.05) is 6.54 Å². The number of aryl methyl sites for hydroxylation is 1. The van der Waals surface area contributed by atoms with Gasteiger partial charge in [0.2, 0.25) is 11.8 Å². The summed E-state index contributed by atoms with van der Waals surface area (Å²) in [5.41, 5.74) is 5.58. The number of aromatic nitrogens is 2. The monoisotopic (exact) mass is 223 g/mol. The Kier molecular flexibility index (Phi) is 3.59. The molecule has 1 fully saturated rings. The molecule has 1 aromatic rings. The van der Waals surface area contributed by atoms with E-state index in [0.717, 1.165) is 24.6 Å². The fourth-order valence-electron chi connectivity index (χ4n) is 2.40. The molecule has 0 spiro atoms. The van der Waals surface area contributed by atoms with Gasteiger partial charge in [-0.25, -0.2) is 0 Å². The Bertz CT molecular complexity index is 329. The van der Waals surface area contributed by atoms with Gasteiger partial charge < -0.3 is 10.2 Å². The Hall–Kier alpha value is -0.900. The average Bonchev–Trinajstić information content (AvgIpc) is 2.77. The fraction of sp³-hybridized carbons (Fsp3) is 0.833. The molecule has 0 amide bonds. The maximum absolute atomic E-state index is 5.75. The maximum atomic E-state index is 5.75. The van der Waals surface area contributed by atoms with Gasteiger partial charge in [-0.05, 0) is 25.8 Å². The predicted octanol–water partition coefficient (Wildman–Crippen LogP) is 2.18. The zero-order valence-electron chi connectivity index (χ0n) is 10.0. The van der Waals surface area contributed by atoms with Crippen LogP contribution in [0.15, 0.2) is 4.42 Å². The molecule has 0 unspecified atom stereocenters. The first-order chi connectivity index (χ1) is 7.74. The van der Waals surface area contributed by atoms with Gasteiger partial charge in [-0.1, -0.05) is 26.2 Å². The molecule has 1 aliphatic rings. The maximum Gasteiger partial charge on any atom is 0.222 e. The zero-order chi connectivity index (χ0) is 11.4. The van der Waals surface area contributed by atoms with Crippen LogP contribution in [0.5, 0.6) is 0 Å². The summed E-state index contributed by atoms with van der Waals surface area (Å²) >= 11 is 0. The van der Waals surface area contributed by atoms with Crippen molar-refractivity contribution in [3.63, 3.8) is 0 Å². The van der Waals surface area contributed by atoms with Crippen molar-refractivity contribution < 1.29 is 4.42 Å². The third kappa shape index (κ3) is 2.43. The topological polar surface area (TPSA) is 64.9 Å². The minimum atomic E-state index is 0.117. The summed E-state index contributed by atoms with van der Waals surface area (Å²) in [6.07, 6.45) is 7.95. The van der Waals surface area contributed by atoms with Gasteiger partial charge in [-0.2, -0.15) is 0 Å². The highest BCUT2D eigenvalue weighted by atomic mass is 16.4. The van der Waals surface area contributed by atoms with Crippen LogP contribution in [-0.2, 0) is 11.8 Å². The van der Waals surface area contributed by atoms with E-state index in [1.165, 1.54) is 32.1 Å². The lowest BCUT2D eigenvalue weighted by atomic mass is 9.76. The van der Waals surface area contributed by atoms with E-state index in [4.69, 9.17) is 10.2 Å². The fourth-order valence-corrected chi connectivity index (χ4v) is 2.40. The van der Waals surface area contributed by atoms with Gasteiger partial charge in [0.15, 0.2) is 0 Å². The smallest absolute Gasteiger partial charge is 0.222 e. The van der Waals surface area contributed by atoms with Gasteiger partial charge in [0, 0.05) is 11.8 Å². The number of rotatable bonds is 4. The van der Waals surface area contributed by atoms with Crippen molar-refractivity contribution in [2.24, 2.45) is 5.73 Å². The molecule has 0 saturated heterocycles. The number of hydrogen-bond donors (Lipinski definition) is 1. The van der Waals surface area contributed by atoms with Crippen molar-refractivity contribution in [3.05, 3.63) is 11.8 Å². The molecular formula is C12H21N3O. The molecule has 2 N–H and O–H groups in total. The van der Waals surface area contributed by atoms with Gasteiger partial charge >= 0.3 is 0 Å². The van der Waals surface area contributed by atoms with Gasteiger partial charge in [0.1, 0.15) is 0 Å². The summed E-state index contributed by atoms with van der Waals surface area (Å²) in [7, 11) is 0. The van der Waals surface area contributed by atoms with Crippen molar-refractivity contribution >= 4 is 0 Å². The standard InChI is InChI=1S/C12H21N3O/c1-12(7-3-2-4-8-12)11-15-14-10(16-11)6-5-9-13/h2-9,13H2,1H3. The van der Waals surface area contributed by atoms with Crippen molar-refractivity contribution in [3.8, 4) is 0 Å². The summed E-state index contributed by atoms with van der Waals surface area (Å²) < 4.78 is 5.75. The van der Waals surface area contributed by atoms with Crippen molar-refractivity contribution in [1.29, 1.82) is 0 Å². The number of nitrogens with two attached hydrogens (primary N) is 1. The average molecular weight is 223 g/mol. The number of hydrogen-bond acceptors (Lipinski definition) is 4. The Morgan fingerprint density at radius 1 is 1.25 bits per heavy atom. The molecule has 16 heavy (non-hydrogen) atoms. The lowest BCUT2D eigenvalue weighted by Gasteiger charge is -2.29. The van der Waals surface area contributed by atoms with Crippen molar-refractivity contribution in [2.45, 2.75) is 57.3 Å². The highest BCUT2D eigenvalue weighted by Crippen LogP contribution is 2.38. The quantitative estimate of drug-likeness (QED) is 0.849. The molecule has 0 aromatic carbocycles. The van der Waals surface area contributed by atoms with Crippen LogP contribution in [0.1, 0.15) is 57.2 Å². The predicted molar refractivity (Wildman–Crippen MR) is 62.1 cm³/mol. The molecule has 4 nitrogen and oxygen atoms in total. The summed E-state index contributed by atoms with van der Waals surface area (Å²) in [6.45, 7) is 2.92. The van der Waals surface area contributed by atoms with E-state index in [1.54, 1.807) is 0 Å². The van der Waals surface area contributed by atoms with E-state index in [1.807, 2.05) is 0 Å².